The standard InChI is InChI=1S/C17H20O5/c1-19-16-17(18)9-5-8-12(17)14-13(21-16)10-20-15(22-14)11-6-3-2-4-7-11/h2-7,9,12-16,18H,8,10H2,1H3/t12-,13+,14-,15+,16-,17+/m0/s1. The molecule has 1 aromatic rings. The van der Waals surface area contributed by atoms with Gasteiger partial charge in [-0.25, -0.2) is 0 Å². The van der Waals surface area contributed by atoms with Crippen LogP contribution in [0.15, 0.2) is 42.5 Å². The number of ether oxygens (including phenoxy) is 4. The molecule has 0 unspecified atom stereocenters. The van der Waals surface area contributed by atoms with E-state index in [-0.39, 0.29) is 18.1 Å². The van der Waals surface area contributed by atoms with Gasteiger partial charge in [-0.05, 0) is 6.42 Å². The Morgan fingerprint density at radius 3 is 2.82 bits per heavy atom. The molecule has 3 aliphatic rings. The van der Waals surface area contributed by atoms with Gasteiger partial charge < -0.3 is 24.1 Å². The lowest BCUT2D eigenvalue weighted by atomic mass is 9.80. The molecular weight excluding hydrogens is 284 g/mol. The van der Waals surface area contributed by atoms with Crippen molar-refractivity contribution in [3.63, 3.8) is 0 Å². The zero-order chi connectivity index (χ0) is 15.2. The predicted octanol–water partition coefficient (Wildman–Crippen LogP) is 1.78. The molecule has 2 fully saturated rings. The smallest absolute Gasteiger partial charge is 0.190 e. The molecule has 5 heteroatoms. The zero-order valence-electron chi connectivity index (χ0n) is 12.4. The molecule has 1 aliphatic carbocycles. The van der Waals surface area contributed by atoms with Crippen molar-refractivity contribution in [2.45, 2.75) is 36.8 Å². The third kappa shape index (κ3) is 2.13. The van der Waals surface area contributed by atoms with Crippen molar-refractivity contribution in [2.24, 2.45) is 5.92 Å². The molecule has 6 atom stereocenters. The molecular formula is C17H20O5. The van der Waals surface area contributed by atoms with Crippen molar-refractivity contribution >= 4 is 0 Å². The second-order valence-corrected chi connectivity index (χ2v) is 6.05. The van der Waals surface area contributed by atoms with Gasteiger partial charge in [0.05, 0.1) is 12.7 Å². The normalized spacial score (nSPS) is 43.6. The molecule has 2 aliphatic heterocycles. The van der Waals surface area contributed by atoms with Crippen LogP contribution in [-0.2, 0) is 18.9 Å². The Labute approximate surface area is 129 Å². The summed E-state index contributed by atoms with van der Waals surface area (Å²) in [4.78, 5) is 0. The Kier molecular flexibility index (Phi) is 3.55. The first kappa shape index (κ1) is 14.4. The maximum absolute atomic E-state index is 10.9. The van der Waals surface area contributed by atoms with Gasteiger partial charge in [-0.15, -0.1) is 0 Å². The second-order valence-electron chi connectivity index (χ2n) is 6.05. The molecule has 0 spiro atoms. The summed E-state index contributed by atoms with van der Waals surface area (Å²) in [5.41, 5.74) is -0.154. The molecule has 1 N–H and O–H groups in total. The van der Waals surface area contributed by atoms with E-state index in [0.717, 1.165) is 12.0 Å². The fourth-order valence-corrected chi connectivity index (χ4v) is 3.68. The van der Waals surface area contributed by atoms with Crippen LogP contribution in [0.3, 0.4) is 0 Å². The van der Waals surface area contributed by atoms with Crippen LogP contribution in [0, 0.1) is 5.92 Å². The fourth-order valence-electron chi connectivity index (χ4n) is 3.68. The second kappa shape index (κ2) is 5.44. The maximum Gasteiger partial charge on any atom is 0.190 e. The van der Waals surface area contributed by atoms with Crippen molar-refractivity contribution in [1.82, 2.24) is 0 Å². The Morgan fingerprint density at radius 2 is 2.05 bits per heavy atom. The topological polar surface area (TPSA) is 57.2 Å². The molecule has 118 valence electrons. The van der Waals surface area contributed by atoms with Crippen LogP contribution >= 0.6 is 0 Å². The average molecular weight is 304 g/mol. The summed E-state index contributed by atoms with van der Waals surface area (Å²) >= 11 is 0. The number of aliphatic hydroxyl groups is 1. The Hall–Kier alpha value is -1.24. The lowest BCUT2D eigenvalue weighted by molar-refractivity contribution is -0.363. The highest BCUT2D eigenvalue weighted by Crippen LogP contribution is 2.46. The molecule has 0 radical (unpaired) electrons. The molecule has 2 heterocycles. The quantitative estimate of drug-likeness (QED) is 0.844. The number of methoxy groups -OCH3 is 1. The zero-order valence-corrected chi connectivity index (χ0v) is 12.4. The molecule has 4 rings (SSSR count). The summed E-state index contributed by atoms with van der Waals surface area (Å²) in [7, 11) is 1.55. The van der Waals surface area contributed by atoms with Crippen LogP contribution in [-0.4, -0.2) is 42.9 Å². The van der Waals surface area contributed by atoms with E-state index in [4.69, 9.17) is 18.9 Å². The largest absolute Gasteiger partial charge is 0.380 e. The van der Waals surface area contributed by atoms with E-state index in [1.54, 1.807) is 13.2 Å². The molecule has 2 saturated heterocycles. The Morgan fingerprint density at radius 1 is 1.23 bits per heavy atom. The highest BCUT2D eigenvalue weighted by atomic mass is 16.7. The molecule has 0 amide bonds. The minimum atomic E-state index is -1.13. The van der Waals surface area contributed by atoms with Gasteiger partial charge in [-0.1, -0.05) is 42.5 Å². The molecule has 22 heavy (non-hydrogen) atoms. The van der Waals surface area contributed by atoms with E-state index in [1.165, 1.54) is 0 Å². The lowest BCUT2D eigenvalue weighted by Gasteiger charge is -2.50. The monoisotopic (exact) mass is 304 g/mol. The summed E-state index contributed by atoms with van der Waals surface area (Å²) < 4.78 is 23.1. The van der Waals surface area contributed by atoms with Gasteiger partial charge in [0.15, 0.2) is 12.6 Å². The number of fused-ring (bicyclic) bond motifs is 3. The molecule has 0 bridgehead atoms. The number of hydrogen-bond donors (Lipinski definition) is 1. The van der Waals surface area contributed by atoms with Gasteiger partial charge >= 0.3 is 0 Å². The van der Waals surface area contributed by atoms with Gasteiger partial charge in [0, 0.05) is 18.6 Å². The highest BCUT2D eigenvalue weighted by molar-refractivity contribution is 5.21. The fraction of sp³-hybridized carbons (Fsp3) is 0.529. The molecule has 0 saturated carbocycles. The SMILES string of the molecule is CO[C@H]1O[C@@H]2CO[C@@H](c3ccccc3)O[C@H]2[C@@H]2CC=C[C@]12O. The molecule has 1 aromatic carbocycles. The van der Waals surface area contributed by atoms with Crippen LogP contribution in [0.25, 0.3) is 0 Å². The van der Waals surface area contributed by atoms with Crippen LogP contribution in [0.4, 0.5) is 0 Å². The highest BCUT2D eigenvalue weighted by Gasteiger charge is 2.58. The first-order valence-corrected chi connectivity index (χ1v) is 7.62. The molecule has 0 aromatic heterocycles. The van der Waals surface area contributed by atoms with E-state index >= 15 is 0 Å². The summed E-state index contributed by atoms with van der Waals surface area (Å²) in [6.07, 6.45) is 2.95. The van der Waals surface area contributed by atoms with Gasteiger partial charge in [0.1, 0.15) is 11.7 Å². The first-order valence-electron chi connectivity index (χ1n) is 7.62. The molecule has 5 nitrogen and oxygen atoms in total. The van der Waals surface area contributed by atoms with Crippen LogP contribution in [0.5, 0.6) is 0 Å². The lowest BCUT2D eigenvalue weighted by Crippen LogP contribution is -2.63. The summed E-state index contributed by atoms with van der Waals surface area (Å²) in [6, 6.07) is 9.83. The summed E-state index contributed by atoms with van der Waals surface area (Å²) in [6.45, 7) is 0.427. The van der Waals surface area contributed by atoms with E-state index in [9.17, 15) is 5.11 Å². The number of allylic oxidation sites excluding steroid dienone is 1. The number of hydrogen-bond acceptors (Lipinski definition) is 5. The predicted molar refractivity (Wildman–Crippen MR) is 77.9 cm³/mol. The van der Waals surface area contributed by atoms with E-state index < -0.39 is 18.2 Å². The van der Waals surface area contributed by atoms with Crippen molar-refractivity contribution in [3.8, 4) is 0 Å². The van der Waals surface area contributed by atoms with Crippen molar-refractivity contribution in [3.05, 3.63) is 48.0 Å². The number of benzene rings is 1. The Bertz CT molecular complexity index is 559. The van der Waals surface area contributed by atoms with Gasteiger partial charge in [0.25, 0.3) is 0 Å². The van der Waals surface area contributed by atoms with E-state index in [0.29, 0.717) is 6.61 Å². The van der Waals surface area contributed by atoms with Crippen molar-refractivity contribution in [2.75, 3.05) is 13.7 Å². The van der Waals surface area contributed by atoms with Crippen LogP contribution in [0.2, 0.25) is 0 Å². The van der Waals surface area contributed by atoms with Gasteiger partial charge in [0.2, 0.25) is 0 Å². The van der Waals surface area contributed by atoms with E-state index in [2.05, 4.69) is 0 Å². The average Bonchev–Trinajstić information content (AvgIpc) is 2.97. The number of rotatable bonds is 2. The third-order valence-corrected chi connectivity index (χ3v) is 4.79. The third-order valence-electron chi connectivity index (χ3n) is 4.79. The maximum atomic E-state index is 10.9. The van der Waals surface area contributed by atoms with Gasteiger partial charge in [-0.2, -0.15) is 0 Å². The minimum Gasteiger partial charge on any atom is -0.380 e. The summed E-state index contributed by atoms with van der Waals surface area (Å²) in [5.74, 6) is -0.0775. The summed E-state index contributed by atoms with van der Waals surface area (Å²) in [5, 5.41) is 10.9. The van der Waals surface area contributed by atoms with Crippen molar-refractivity contribution in [1.29, 1.82) is 0 Å². The van der Waals surface area contributed by atoms with Gasteiger partial charge in [-0.3, -0.25) is 0 Å². The van der Waals surface area contributed by atoms with Crippen LogP contribution in [0.1, 0.15) is 18.3 Å². The van der Waals surface area contributed by atoms with Crippen molar-refractivity contribution < 1.29 is 24.1 Å². The van der Waals surface area contributed by atoms with E-state index in [1.807, 2.05) is 36.4 Å². The van der Waals surface area contributed by atoms with Crippen LogP contribution < -0.4 is 0 Å². The minimum absolute atomic E-state index is 0.0775. The Balaban J connectivity index is 1.59. The first-order chi connectivity index (χ1) is 10.7.